The molecule has 2 nitrogen and oxygen atoms in total. The Labute approximate surface area is 123 Å². The molecule has 0 aliphatic rings. The molecule has 0 saturated carbocycles. The standard InChI is InChI=1S/C16H17ClFNO/c1-11(2)20-14-8-6-13(7-9-14)19-10-12-4-3-5-15(17)16(12)18/h3-9,11,19H,10H2,1-2H3. The minimum atomic E-state index is -0.374. The number of benzene rings is 2. The Hall–Kier alpha value is -1.74. The minimum Gasteiger partial charge on any atom is -0.491 e. The molecule has 0 aliphatic carbocycles. The molecule has 1 N–H and O–H groups in total. The molecule has 0 saturated heterocycles. The predicted octanol–water partition coefficient (Wildman–Crippen LogP) is 4.88. The Kier molecular flexibility index (Phi) is 4.85. The summed E-state index contributed by atoms with van der Waals surface area (Å²) in [5, 5.41) is 3.30. The zero-order chi connectivity index (χ0) is 14.5. The monoisotopic (exact) mass is 293 g/mol. The van der Waals surface area contributed by atoms with Crippen LogP contribution >= 0.6 is 11.6 Å². The molecule has 2 aromatic rings. The maximum Gasteiger partial charge on any atom is 0.146 e. The molecule has 0 heterocycles. The van der Waals surface area contributed by atoms with Gasteiger partial charge in [-0.2, -0.15) is 0 Å². The fourth-order valence-corrected chi connectivity index (χ4v) is 2.00. The van der Waals surface area contributed by atoms with Crippen LogP contribution in [0.5, 0.6) is 5.75 Å². The highest BCUT2D eigenvalue weighted by atomic mass is 35.5. The number of ether oxygens (including phenoxy) is 1. The highest BCUT2D eigenvalue weighted by molar-refractivity contribution is 6.30. The number of anilines is 1. The second-order valence-electron chi connectivity index (χ2n) is 4.76. The van der Waals surface area contributed by atoms with Gasteiger partial charge < -0.3 is 10.1 Å². The van der Waals surface area contributed by atoms with Crippen molar-refractivity contribution >= 4 is 17.3 Å². The van der Waals surface area contributed by atoms with Crippen LogP contribution in [-0.4, -0.2) is 6.10 Å². The van der Waals surface area contributed by atoms with E-state index >= 15 is 0 Å². The molecule has 20 heavy (non-hydrogen) atoms. The lowest BCUT2D eigenvalue weighted by atomic mass is 10.2. The van der Waals surface area contributed by atoms with Crippen molar-refractivity contribution in [3.8, 4) is 5.75 Å². The van der Waals surface area contributed by atoms with E-state index in [1.807, 2.05) is 38.1 Å². The minimum absolute atomic E-state index is 0.144. The zero-order valence-electron chi connectivity index (χ0n) is 11.5. The van der Waals surface area contributed by atoms with E-state index in [1.54, 1.807) is 18.2 Å². The van der Waals surface area contributed by atoms with E-state index in [4.69, 9.17) is 16.3 Å². The van der Waals surface area contributed by atoms with Crippen LogP contribution in [-0.2, 0) is 6.54 Å². The third-order valence-corrected chi connectivity index (χ3v) is 3.03. The first-order chi connectivity index (χ1) is 9.56. The van der Waals surface area contributed by atoms with E-state index in [0.717, 1.165) is 11.4 Å². The molecule has 0 atom stereocenters. The van der Waals surface area contributed by atoms with Gasteiger partial charge in [-0.05, 0) is 44.2 Å². The lowest BCUT2D eigenvalue weighted by Gasteiger charge is -2.11. The Morgan fingerprint density at radius 1 is 1.15 bits per heavy atom. The van der Waals surface area contributed by atoms with Crippen molar-refractivity contribution in [3.63, 3.8) is 0 Å². The summed E-state index contributed by atoms with van der Waals surface area (Å²) in [5.74, 6) is 0.445. The molecule has 0 spiro atoms. The number of hydrogen-bond acceptors (Lipinski definition) is 2. The number of hydrogen-bond donors (Lipinski definition) is 1. The number of rotatable bonds is 5. The average molecular weight is 294 g/mol. The van der Waals surface area contributed by atoms with E-state index in [9.17, 15) is 4.39 Å². The molecule has 0 fully saturated rings. The Morgan fingerprint density at radius 3 is 2.50 bits per heavy atom. The summed E-state index contributed by atoms with van der Waals surface area (Å²) >= 11 is 5.75. The van der Waals surface area contributed by atoms with Crippen molar-refractivity contribution < 1.29 is 9.13 Å². The van der Waals surface area contributed by atoms with Crippen LogP contribution < -0.4 is 10.1 Å². The van der Waals surface area contributed by atoms with E-state index in [2.05, 4.69) is 5.32 Å². The molecule has 0 bridgehead atoms. The zero-order valence-corrected chi connectivity index (χ0v) is 12.2. The van der Waals surface area contributed by atoms with Crippen molar-refractivity contribution in [1.82, 2.24) is 0 Å². The van der Waals surface area contributed by atoms with Gasteiger partial charge in [0.1, 0.15) is 11.6 Å². The highest BCUT2D eigenvalue weighted by Gasteiger charge is 2.05. The summed E-state index contributed by atoms with van der Waals surface area (Å²) < 4.78 is 19.3. The fourth-order valence-electron chi connectivity index (χ4n) is 1.81. The van der Waals surface area contributed by atoms with Crippen LogP contribution in [0.1, 0.15) is 19.4 Å². The van der Waals surface area contributed by atoms with Crippen molar-refractivity contribution in [1.29, 1.82) is 0 Å². The second kappa shape index (κ2) is 6.62. The van der Waals surface area contributed by atoms with Crippen molar-refractivity contribution in [2.75, 3.05) is 5.32 Å². The van der Waals surface area contributed by atoms with Crippen LogP contribution in [0, 0.1) is 5.82 Å². The molecular formula is C16H17ClFNO. The van der Waals surface area contributed by atoms with Crippen LogP contribution in [0.4, 0.5) is 10.1 Å². The van der Waals surface area contributed by atoms with Crippen LogP contribution in [0.3, 0.4) is 0 Å². The van der Waals surface area contributed by atoms with Crippen molar-refractivity contribution in [3.05, 3.63) is 58.9 Å². The van der Waals surface area contributed by atoms with Crippen LogP contribution in [0.2, 0.25) is 5.02 Å². The molecule has 0 radical (unpaired) electrons. The fraction of sp³-hybridized carbons (Fsp3) is 0.250. The van der Waals surface area contributed by atoms with Gasteiger partial charge in [0.25, 0.3) is 0 Å². The smallest absolute Gasteiger partial charge is 0.146 e. The molecule has 0 aromatic heterocycles. The van der Waals surface area contributed by atoms with Gasteiger partial charge in [-0.3, -0.25) is 0 Å². The molecule has 106 valence electrons. The Balaban J connectivity index is 1.99. The highest BCUT2D eigenvalue weighted by Crippen LogP contribution is 2.20. The lowest BCUT2D eigenvalue weighted by Crippen LogP contribution is -2.05. The van der Waals surface area contributed by atoms with E-state index in [1.165, 1.54) is 0 Å². The van der Waals surface area contributed by atoms with Gasteiger partial charge in [-0.1, -0.05) is 23.7 Å². The van der Waals surface area contributed by atoms with Crippen LogP contribution in [0.25, 0.3) is 0 Å². The van der Waals surface area contributed by atoms with E-state index in [0.29, 0.717) is 12.1 Å². The van der Waals surface area contributed by atoms with Crippen molar-refractivity contribution in [2.24, 2.45) is 0 Å². The maximum atomic E-state index is 13.7. The first-order valence-corrected chi connectivity index (χ1v) is 6.87. The summed E-state index contributed by atoms with van der Waals surface area (Å²) in [6.07, 6.45) is 0.148. The second-order valence-corrected chi connectivity index (χ2v) is 5.16. The molecule has 0 unspecified atom stereocenters. The SMILES string of the molecule is CC(C)Oc1ccc(NCc2cccc(Cl)c2F)cc1. The van der Waals surface area contributed by atoms with E-state index < -0.39 is 0 Å². The summed E-state index contributed by atoms with van der Waals surface area (Å²) in [7, 11) is 0. The van der Waals surface area contributed by atoms with Gasteiger partial charge in [0, 0.05) is 17.8 Å². The molecular weight excluding hydrogens is 277 g/mol. The van der Waals surface area contributed by atoms with Gasteiger partial charge in [-0.25, -0.2) is 4.39 Å². The topological polar surface area (TPSA) is 21.3 Å². The average Bonchev–Trinajstić information content (AvgIpc) is 2.41. The molecule has 4 heteroatoms. The first kappa shape index (κ1) is 14.7. The quantitative estimate of drug-likeness (QED) is 0.848. The molecule has 0 amide bonds. The summed E-state index contributed by atoms with van der Waals surface area (Å²) in [6, 6.07) is 12.6. The predicted molar refractivity (Wildman–Crippen MR) is 80.9 cm³/mol. The maximum absolute atomic E-state index is 13.7. The summed E-state index contributed by atoms with van der Waals surface area (Å²) in [6.45, 7) is 4.35. The number of nitrogens with one attached hydrogen (secondary N) is 1. The first-order valence-electron chi connectivity index (χ1n) is 6.49. The lowest BCUT2D eigenvalue weighted by molar-refractivity contribution is 0.242. The van der Waals surface area contributed by atoms with Gasteiger partial charge >= 0.3 is 0 Å². The van der Waals surface area contributed by atoms with Gasteiger partial charge in [0.05, 0.1) is 11.1 Å². The van der Waals surface area contributed by atoms with Crippen molar-refractivity contribution in [2.45, 2.75) is 26.5 Å². The number of halogens is 2. The van der Waals surface area contributed by atoms with Crippen LogP contribution in [0.15, 0.2) is 42.5 Å². The molecule has 2 aromatic carbocycles. The van der Waals surface area contributed by atoms with Gasteiger partial charge in [0.15, 0.2) is 0 Å². The molecule has 0 aliphatic heterocycles. The Morgan fingerprint density at radius 2 is 1.85 bits per heavy atom. The summed E-state index contributed by atoms with van der Waals surface area (Å²) in [4.78, 5) is 0. The normalized spacial score (nSPS) is 10.7. The van der Waals surface area contributed by atoms with Gasteiger partial charge in [-0.15, -0.1) is 0 Å². The third-order valence-electron chi connectivity index (χ3n) is 2.74. The van der Waals surface area contributed by atoms with E-state index in [-0.39, 0.29) is 16.9 Å². The largest absolute Gasteiger partial charge is 0.491 e. The third kappa shape index (κ3) is 3.87. The summed E-state index contributed by atoms with van der Waals surface area (Å²) in [5.41, 5.74) is 1.44. The Bertz CT molecular complexity index is 569. The molecule has 2 rings (SSSR count). The van der Waals surface area contributed by atoms with Gasteiger partial charge in [0.2, 0.25) is 0 Å².